The molecule has 1 aliphatic heterocycles. The van der Waals surface area contributed by atoms with Crippen molar-refractivity contribution in [1.29, 1.82) is 0 Å². The summed E-state index contributed by atoms with van der Waals surface area (Å²) in [5.74, 6) is 0.981. The summed E-state index contributed by atoms with van der Waals surface area (Å²) in [7, 11) is 0. The molecule has 0 saturated carbocycles. The third-order valence-corrected chi connectivity index (χ3v) is 4.43. The molecule has 0 bridgehead atoms. The van der Waals surface area contributed by atoms with Crippen molar-refractivity contribution in [3.8, 4) is 0 Å². The molecule has 4 nitrogen and oxygen atoms in total. The maximum absolute atomic E-state index is 12.6. The Morgan fingerprint density at radius 2 is 1.95 bits per heavy atom. The van der Waals surface area contributed by atoms with Gasteiger partial charge in [0, 0.05) is 19.5 Å². The molecule has 0 spiro atoms. The van der Waals surface area contributed by atoms with E-state index in [2.05, 4.69) is 17.4 Å². The number of amides is 1. The van der Waals surface area contributed by atoms with Crippen molar-refractivity contribution < 1.29 is 4.79 Å². The molecule has 2 rings (SSSR count). The number of piperidine rings is 1. The first kappa shape index (κ1) is 17.0. The number of carbonyl (C=O) groups is 1. The van der Waals surface area contributed by atoms with Gasteiger partial charge in [-0.2, -0.15) is 0 Å². The summed E-state index contributed by atoms with van der Waals surface area (Å²) in [6.07, 6.45) is 4.96. The van der Waals surface area contributed by atoms with Crippen LogP contribution in [-0.4, -0.2) is 37.0 Å². The average Bonchev–Trinajstić information content (AvgIpc) is 2.58. The van der Waals surface area contributed by atoms with Crippen LogP contribution in [0.25, 0.3) is 0 Å². The molecule has 0 unspecified atom stereocenters. The second-order valence-corrected chi connectivity index (χ2v) is 6.18. The topological polar surface area (TPSA) is 58.4 Å². The van der Waals surface area contributed by atoms with E-state index in [0.29, 0.717) is 25.4 Å². The smallest absolute Gasteiger partial charge is 0.222 e. The van der Waals surface area contributed by atoms with Crippen molar-refractivity contribution in [3.05, 3.63) is 35.9 Å². The number of rotatable bonds is 8. The Morgan fingerprint density at radius 3 is 2.64 bits per heavy atom. The fourth-order valence-electron chi connectivity index (χ4n) is 3.03. The van der Waals surface area contributed by atoms with Crippen LogP contribution < -0.4 is 11.1 Å². The first-order chi connectivity index (χ1) is 10.8. The van der Waals surface area contributed by atoms with Crippen LogP contribution in [0.15, 0.2) is 30.3 Å². The molecule has 0 radical (unpaired) electrons. The molecule has 3 N–H and O–H groups in total. The van der Waals surface area contributed by atoms with Crippen LogP contribution in [0, 0.1) is 5.92 Å². The quantitative estimate of drug-likeness (QED) is 0.773. The molecule has 1 heterocycles. The predicted octanol–water partition coefficient (Wildman–Crippen LogP) is 2.14. The Bertz CT molecular complexity index is 429. The summed E-state index contributed by atoms with van der Waals surface area (Å²) < 4.78 is 0. The molecule has 1 aliphatic rings. The van der Waals surface area contributed by atoms with Gasteiger partial charge in [-0.15, -0.1) is 0 Å². The highest BCUT2D eigenvalue weighted by Crippen LogP contribution is 2.19. The van der Waals surface area contributed by atoms with Gasteiger partial charge in [0.2, 0.25) is 5.91 Å². The van der Waals surface area contributed by atoms with Crippen molar-refractivity contribution >= 4 is 5.91 Å². The number of hydrogen-bond donors (Lipinski definition) is 2. The highest BCUT2D eigenvalue weighted by molar-refractivity contribution is 5.76. The van der Waals surface area contributed by atoms with Gasteiger partial charge in [-0.1, -0.05) is 30.3 Å². The van der Waals surface area contributed by atoms with E-state index in [0.717, 1.165) is 32.5 Å². The van der Waals surface area contributed by atoms with E-state index in [1.54, 1.807) is 0 Å². The minimum atomic E-state index is 0.274. The Kier molecular flexibility index (Phi) is 7.40. The van der Waals surface area contributed by atoms with Gasteiger partial charge in [-0.05, 0) is 56.8 Å². The molecule has 122 valence electrons. The van der Waals surface area contributed by atoms with Crippen molar-refractivity contribution in [2.24, 2.45) is 11.7 Å². The number of hydrogen-bond acceptors (Lipinski definition) is 3. The molecule has 4 heteroatoms. The third kappa shape index (κ3) is 5.78. The first-order valence-electron chi connectivity index (χ1n) is 8.52. The maximum Gasteiger partial charge on any atom is 0.222 e. The van der Waals surface area contributed by atoms with Crippen LogP contribution in [0.5, 0.6) is 0 Å². The highest BCUT2D eigenvalue weighted by Gasteiger charge is 2.18. The molecule has 1 fully saturated rings. The minimum absolute atomic E-state index is 0.274. The lowest BCUT2D eigenvalue weighted by molar-refractivity contribution is -0.132. The van der Waals surface area contributed by atoms with Gasteiger partial charge in [0.15, 0.2) is 0 Å². The summed E-state index contributed by atoms with van der Waals surface area (Å²) in [6, 6.07) is 10.2. The van der Waals surface area contributed by atoms with Crippen molar-refractivity contribution in [1.82, 2.24) is 10.2 Å². The van der Waals surface area contributed by atoms with Gasteiger partial charge in [0.1, 0.15) is 0 Å². The van der Waals surface area contributed by atoms with E-state index in [9.17, 15) is 4.79 Å². The van der Waals surface area contributed by atoms with E-state index in [4.69, 9.17) is 5.73 Å². The number of nitrogens with two attached hydrogens (primary N) is 1. The van der Waals surface area contributed by atoms with E-state index in [1.165, 1.54) is 18.4 Å². The predicted molar refractivity (Wildman–Crippen MR) is 90.4 cm³/mol. The van der Waals surface area contributed by atoms with Crippen LogP contribution >= 0.6 is 0 Å². The Labute approximate surface area is 134 Å². The van der Waals surface area contributed by atoms with Crippen molar-refractivity contribution in [2.45, 2.75) is 38.6 Å². The second-order valence-electron chi connectivity index (χ2n) is 6.18. The molecular formula is C18H29N3O. The normalized spacial score (nSPS) is 15.7. The zero-order valence-electron chi connectivity index (χ0n) is 13.5. The molecule has 0 atom stereocenters. The van der Waals surface area contributed by atoms with Gasteiger partial charge < -0.3 is 16.0 Å². The second kappa shape index (κ2) is 9.59. The summed E-state index contributed by atoms with van der Waals surface area (Å²) >= 11 is 0. The third-order valence-electron chi connectivity index (χ3n) is 4.43. The van der Waals surface area contributed by atoms with Gasteiger partial charge in [0.05, 0.1) is 0 Å². The lowest BCUT2D eigenvalue weighted by atomic mass is 9.93. The summed E-state index contributed by atoms with van der Waals surface area (Å²) in [4.78, 5) is 14.5. The van der Waals surface area contributed by atoms with Crippen LogP contribution in [0.3, 0.4) is 0 Å². The fraction of sp³-hybridized carbons (Fsp3) is 0.611. The van der Waals surface area contributed by atoms with Gasteiger partial charge in [-0.3, -0.25) is 4.79 Å². The Morgan fingerprint density at radius 1 is 1.23 bits per heavy atom. The zero-order valence-corrected chi connectivity index (χ0v) is 13.5. The standard InChI is InChI=1S/C18H29N3O/c19-11-4-14-21(15-17-5-2-1-3-6-17)18(22)8-7-16-9-12-20-13-10-16/h1-3,5-6,16,20H,4,7-15,19H2. The van der Waals surface area contributed by atoms with Crippen LogP contribution in [0.2, 0.25) is 0 Å². The van der Waals surface area contributed by atoms with Gasteiger partial charge >= 0.3 is 0 Å². The molecule has 1 saturated heterocycles. The maximum atomic E-state index is 12.6. The van der Waals surface area contributed by atoms with Gasteiger partial charge in [0.25, 0.3) is 0 Å². The van der Waals surface area contributed by atoms with Crippen LogP contribution in [0.4, 0.5) is 0 Å². The number of nitrogens with one attached hydrogen (secondary N) is 1. The molecular weight excluding hydrogens is 274 g/mol. The van der Waals surface area contributed by atoms with Crippen molar-refractivity contribution in [2.75, 3.05) is 26.2 Å². The summed E-state index contributed by atoms with van der Waals surface area (Å²) in [5, 5.41) is 3.38. The van der Waals surface area contributed by atoms with E-state index in [1.807, 2.05) is 23.1 Å². The van der Waals surface area contributed by atoms with Gasteiger partial charge in [-0.25, -0.2) is 0 Å². The molecule has 0 aromatic heterocycles. The highest BCUT2D eigenvalue weighted by atomic mass is 16.2. The molecule has 22 heavy (non-hydrogen) atoms. The zero-order chi connectivity index (χ0) is 15.6. The monoisotopic (exact) mass is 303 g/mol. The minimum Gasteiger partial charge on any atom is -0.338 e. The lowest BCUT2D eigenvalue weighted by Crippen LogP contribution is -2.33. The lowest BCUT2D eigenvalue weighted by Gasteiger charge is -2.26. The summed E-state index contributed by atoms with van der Waals surface area (Å²) in [6.45, 7) is 4.29. The molecule has 1 aromatic carbocycles. The first-order valence-corrected chi connectivity index (χ1v) is 8.52. The van der Waals surface area contributed by atoms with Crippen LogP contribution in [-0.2, 0) is 11.3 Å². The Hall–Kier alpha value is -1.39. The van der Waals surface area contributed by atoms with Crippen molar-refractivity contribution in [3.63, 3.8) is 0 Å². The van der Waals surface area contributed by atoms with Crippen LogP contribution in [0.1, 0.15) is 37.7 Å². The molecule has 1 amide bonds. The fourth-order valence-corrected chi connectivity index (χ4v) is 3.03. The average molecular weight is 303 g/mol. The molecule has 1 aromatic rings. The van der Waals surface area contributed by atoms with E-state index in [-0.39, 0.29) is 5.91 Å². The largest absolute Gasteiger partial charge is 0.338 e. The molecule has 0 aliphatic carbocycles. The van der Waals surface area contributed by atoms with E-state index < -0.39 is 0 Å². The van der Waals surface area contributed by atoms with E-state index >= 15 is 0 Å². The SMILES string of the molecule is NCCCN(Cc1ccccc1)C(=O)CCC1CCNCC1. The number of benzene rings is 1. The number of carbonyl (C=O) groups excluding carboxylic acids is 1. The Balaban J connectivity index is 1.84. The number of nitrogens with zero attached hydrogens (tertiary/aromatic N) is 1. The summed E-state index contributed by atoms with van der Waals surface area (Å²) in [5.41, 5.74) is 6.81.